The third-order valence-corrected chi connectivity index (χ3v) is 3.77. The fraction of sp³-hybridized carbons (Fsp3) is 0.238. The molecule has 2 N–H and O–H groups in total. The maximum absolute atomic E-state index is 12.1. The molecule has 0 radical (unpaired) electrons. The Hall–Kier alpha value is -3.46. The summed E-state index contributed by atoms with van der Waals surface area (Å²) in [5, 5.41) is 14.9. The lowest BCUT2D eigenvalue weighted by molar-refractivity contribution is -0.117. The summed E-state index contributed by atoms with van der Waals surface area (Å²) in [6.45, 7) is 2.95. The van der Waals surface area contributed by atoms with E-state index in [9.17, 15) is 10.1 Å². The molecule has 0 saturated heterocycles. The lowest BCUT2D eigenvalue weighted by atomic mass is 10.1. The van der Waals surface area contributed by atoms with Gasteiger partial charge in [-0.05, 0) is 55.3 Å². The summed E-state index contributed by atoms with van der Waals surface area (Å²) in [7, 11) is 1.62. The molecule has 6 heteroatoms. The topological polar surface area (TPSA) is 83.4 Å². The van der Waals surface area contributed by atoms with E-state index in [4.69, 9.17) is 9.47 Å². The van der Waals surface area contributed by atoms with Crippen LogP contribution in [0.3, 0.4) is 0 Å². The van der Waals surface area contributed by atoms with Crippen LogP contribution < -0.4 is 20.1 Å². The number of ether oxygens (including phenoxy) is 2. The number of nitrogens with one attached hydrogen (secondary N) is 2. The molecule has 0 bridgehead atoms. The standard InChI is InChI=1S/C21H23N3O3/c1-3-27-20-10-6-18(7-11-20)24-15-17(14-22)21(25)23-13-12-16-4-8-19(26-2)9-5-16/h4-11,15,24H,3,12-13H2,1-2H3,(H,23,25)/b17-15-. The van der Waals surface area contributed by atoms with Crippen molar-refractivity contribution in [3.05, 3.63) is 65.9 Å². The van der Waals surface area contributed by atoms with Crippen molar-refractivity contribution in [1.29, 1.82) is 5.26 Å². The Kier molecular flexibility index (Phi) is 7.73. The van der Waals surface area contributed by atoms with Crippen LogP contribution in [0.2, 0.25) is 0 Å². The first kappa shape index (κ1) is 19.9. The summed E-state index contributed by atoms with van der Waals surface area (Å²) in [5.41, 5.74) is 1.85. The van der Waals surface area contributed by atoms with Crippen LogP contribution in [-0.2, 0) is 11.2 Å². The first-order chi connectivity index (χ1) is 13.2. The highest BCUT2D eigenvalue weighted by atomic mass is 16.5. The Morgan fingerprint density at radius 3 is 2.37 bits per heavy atom. The smallest absolute Gasteiger partial charge is 0.263 e. The van der Waals surface area contributed by atoms with Gasteiger partial charge in [0, 0.05) is 18.4 Å². The molecule has 0 aliphatic heterocycles. The first-order valence-corrected chi connectivity index (χ1v) is 8.67. The molecule has 140 valence electrons. The van der Waals surface area contributed by atoms with Gasteiger partial charge in [-0.15, -0.1) is 0 Å². The van der Waals surface area contributed by atoms with E-state index in [-0.39, 0.29) is 5.57 Å². The number of benzene rings is 2. The molecule has 0 fully saturated rings. The molecule has 0 spiro atoms. The zero-order valence-electron chi connectivity index (χ0n) is 15.5. The molecular formula is C21H23N3O3. The molecule has 2 aromatic rings. The van der Waals surface area contributed by atoms with E-state index in [1.165, 1.54) is 6.20 Å². The van der Waals surface area contributed by atoms with Crippen molar-refractivity contribution < 1.29 is 14.3 Å². The van der Waals surface area contributed by atoms with E-state index in [0.29, 0.717) is 19.6 Å². The van der Waals surface area contributed by atoms with Crippen molar-refractivity contribution in [2.75, 3.05) is 25.6 Å². The fourth-order valence-electron chi connectivity index (χ4n) is 2.33. The van der Waals surface area contributed by atoms with Gasteiger partial charge in [-0.2, -0.15) is 5.26 Å². The SMILES string of the molecule is CCOc1ccc(N/C=C(/C#N)C(=O)NCCc2ccc(OC)cc2)cc1. The van der Waals surface area contributed by atoms with E-state index < -0.39 is 5.91 Å². The van der Waals surface area contributed by atoms with E-state index in [1.807, 2.05) is 61.5 Å². The zero-order valence-corrected chi connectivity index (χ0v) is 15.5. The van der Waals surface area contributed by atoms with Gasteiger partial charge >= 0.3 is 0 Å². The van der Waals surface area contributed by atoms with E-state index >= 15 is 0 Å². The van der Waals surface area contributed by atoms with Crippen molar-refractivity contribution in [1.82, 2.24) is 5.32 Å². The molecule has 0 aliphatic rings. The minimum absolute atomic E-state index is 0.0126. The van der Waals surface area contributed by atoms with Gasteiger partial charge in [-0.25, -0.2) is 0 Å². The number of nitrogens with zero attached hydrogens (tertiary/aromatic N) is 1. The first-order valence-electron chi connectivity index (χ1n) is 8.67. The van der Waals surface area contributed by atoms with Gasteiger partial charge in [-0.3, -0.25) is 4.79 Å². The summed E-state index contributed by atoms with van der Waals surface area (Å²) in [6, 6.07) is 16.8. The number of methoxy groups -OCH3 is 1. The van der Waals surface area contributed by atoms with Gasteiger partial charge in [0.1, 0.15) is 23.1 Å². The second-order valence-electron chi connectivity index (χ2n) is 5.63. The third-order valence-electron chi connectivity index (χ3n) is 3.77. The number of anilines is 1. The molecule has 0 heterocycles. The number of carbonyl (C=O) groups is 1. The van der Waals surface area contributed by atoms with Gasteiger partial charge < -0.3 is 20.1 Å². The largest absolute Gasteiger partial charge is 0.497 e. The van der Waals surface area contributed by atoms with Gasteiger partial charge in [0.25, 0.3) is 5.91 Å². The van der Waals surface area contributed by atoms with Gasteiger partial charge in [0.15, 0.2) is 0 Å². The monoisotopic (exact) mass is 365 g/mol. The Morgan fingerprint density at radius 1 is 1.11 bits per heavy atom. The molecule has 0 unspecified atom stereocenters. The maximum atomic E-state index is 12.1. The van der Waals surface area contributed by atoms with Gasteiger partial charge in [-0.1, -0.05) is 12.1 Å². The maximum Gasteiger partial charge on any atom is 0.263 e. The highest BCUT2D eigenvalue weighted by Crippen LogP contribution is 2.16. The third kappa shape index (κ3) is 6.40. The van der Waals surface area contributed by atoms with E-state index in [1.54, 1.807) is 7.11 Å². The van der Waals surface area contributed by atoms with Crippen LogP contribution in [0, 0.1) is 11.3 Å². The summed E-state index contributed by atoms with van der Waals surface area (Å²) >= 11 is 0. The van der Waals surface area contributed by atoms with E-state index in [0.717, 1.165) is 22.7 Å². The summed E-state index contributed by atoms with van der Waals surface area (Å²) in [5.74, 6) is 1.14. The number of amides is 1. The number of hydrogen-bond acceptors (Lipinski definition) is 5. The van der Waals surface area contributed by atoms with E-state index in [2.05, 4.69) is 10.6 Å². The Labute approximate surface area is 159 Å². The molecule has 27 heavy (non-hydrogen) atoms. The number of nitriles is 1. The zero-order chi connectivity index (χ0) is 19.5. The fourth-order valence-corrected chi connectivity index (χ4v) is 2.33. The predicted octanol–water partition coefficient (Wildman–Crippen LogP) is 3.27. The van der Waals surface area contributed by atoms with Crippen molar-refractivity contribution in [3.63, 3.8) is 0 Å². The van der Waals surface area contributed by atoms with Gasteiger partial charge in [0.05, 0.1) is 13.7 Å². The highest BCUT2D eigenvalue weighted by molar-refractivity contribution is 5.97. The molecular weight excluding hydrogens is 342 g/mol. The lowest BCUT2D eigenvalue weighted by Crippen LogP contribution is -2.27. The Balaban J connectivity index is 1.84. The molecule has 2 rings (SSSR count). The lowest BCUT2D eigenvalue weighted by Gasteiger charge is -2.07. The van der Waals surface area contributed by atoms with Crippen LogP contribution in [0.25, 0.3) is 0 Å². The average molecular weight is 365 g/mol. The Bertz CT molecular complexity index is 806. The molecule has 2 aromatic carbocycles. The van der Waals surface area contributed by atoms with Crippen LogP contribution in [0.5, 0.6) is 11.5 Å². The van der Waals surface area contributed by atoms with Crippen LogP contribution in [0.15, 0.2) is 60.3 Å². The van der Waals surface area contributed by atoms with Gasteiger partial charge in [0.2, 0.25) is 0 Å². The Morgan fingerprint density at radius 2 is 1.78 bits per heavy atom. The average Bonchev–Trinajstić information content (AvgIpc) is 2.70. The summed E-state index contributed by atoms with van der Waals surface area (Å²) < 4.78 is 10.5. The second kappa shape index (κ2) is 10.5. The van der Waals surface area contributed by atoms with Crippen LogP contribution in [-0.4, -0.2) is 26.2 Å². The van der Waals surface area contributed by atoms with Crippen LogP contribution in [0.1, 0.15) is 12.5 Å². The van der Waals surface area contributed by atoms with Crippen LogP contribution >= 0.6 is 0 Å². The number of rotatable bonds is 9. The normalized spacial score (nSPS) is 10.6. The predicted molar refractivity (Wildman–Crippen MR) is 105 cm³/mol. The second-order valence-corrected chi connectivity index (χ2v) is 5.63. The van der Waals surface area contributed by atoms with Crippen molar-refractivity contribution in [2.45, 2.75) is 13.3 Å². The van der Waals surface area contributed by atoms with Crippen LogP contribution in [0.4, 0.5) is 5.69 Å². The molecule has 0 aromatic heterocycles. The molecule has 0 saturated carbocycles. The number of hydrogen-bond donors (Lipinski definition) is 2. The molecule has 6 nitrogen and oxygen atoms in total. The minimum atomic E-state index is -0.413. The molecule has 0 atom stereocenters. The van der Waals surface area contributed by atoms with Crippen molar-refractivity contribution in [2.24, 2.45) is 0 Å². The molecule has 0 aliphatic carbocycles. The number of carbonyl (C=O) groups excluding carboxylic acids is 1. The highest BCUT2D eigenvalue weighted by Gasteiger charge is 2.08. The summed E-state index contributed by atoms with van der Waals surface area (Å²) in [6.07, 6.45) is 2.07. The minimum Gasteiger partial charge on any atom is -0.497 e. The quantitative estimate of drug-likeness (QED) is 0.526. The van der Waals surface area contributed by atoms with Crippen molar-refractivity contribution >= 4 is 11.6 Å². The van der Waals surface area contributed by atoms with Crippen molar-refractivity contribution in [3.8, 4) is 17.6 Å². The summed E-state index contributed by atoms with van der Waals surface area (Å²) in [4.78, 5) is 12.1. The molecule has 1 amide bonds.